The van der Waals surface area contributed by atoms with Gasteiger partial charge in [-0.2, -0.15) is 0 Å². The summed E-state index contributed by atoms with van der Waals surface area (Å²) in [5.74, 6) is -0.282. The van der Waals surface area contributed by atoms with E-state index in [0.29, 0.717) is 0 Å². The smallest absolute Gasteiger partial charge is 0.303 e. The van der Waals surface area contributed by atoms with E-state index >= 15 is 0 Å². The van der Waals surface area contributed by atoms with Crippen molar-refractivity contribution in [2.24, 2.45) is 13.0 Å². The van der Waals surface area contributed by atoms with E-state index in [1.807, 2.05) is 31.7 Å². The molecule has 100 valence electrons. The van der Waals surface area contributed by atoms with Crippen molar-refractivity contribution < 1.29 is 14.7 Å². The Morgan fingerprint density at radius 1 is 1.44 bits per heavy atom. The van der Waals surface area contributed by atoms with Crippen LogP contribution in [0.4, 0.5) is 0 Å². The molecule has 0 aliphatic heterocycles. The fraction of sp³-hybridized carbons (Fsp3) is 0.583. The van der Waals surface area contributed by atoms with Crippen LogP contribution in [0, 0.1) is 5.92 Å². The first-order chi connectivity index (χ1) is 8.41. The zero-order valence-electron chi connectivity index (χ0n) is 10.9. The van der Waals surface area contributed by atoms with Crippen LogP contribution < -0.4 is 5.32 Å². The number of hydrogen-bond donors (Lipinski definition) is 2. The standard InChI is InChI=1S/C12H19N3O3/c1-8(2)11(12-13-6-7-15(12)3)14-9(16)4-5-10(17)18/h6-8,11H,4-5H2,1-3H3,(H,14,16)(H,17,18). The van der Waals surface area contributed by atoms with E-state index in [4.69, 9.17) is 5.11 Å². The highest BCUT2D eigenvalue weighted by Crippen LogP contribution is 2.19. The molecule has 1 unspecified atom stereocenters. The summed E-state index contributed by atoms with van der Waals surface area (Å²) in [4.78, 5) is 26.3. The molecule has 0 saturated heterocycles. The molecule has 0 radical (unpaired) electrons. The lowest BCUT2D eigenvalue weighted by molar-refractivity contribution is -0.139. The summed E-state index contributed by atoms with van der Waals surface area (Å²) in [6.07, 6.45) is 3.32. The van der Waals surface area contributed by atoms with Crippen LogP contribution in [0.25, 0.3) is 0 Å². The van der Waals surface area contributed by atoms with Crippen molar-refractivity contribution in [3.8, 4) is 0 Å². The number of nitrogens with zero attached hydrogens (tertiary/aromatic N) is 2. The first-order valence-electron chi connectivity index (χ1n) is 5.90. The molecule has 6 nitrogen and oxygen atoms in total. The summed E-state index contributed by atoms with van der Waals surface area (Å²) >= 11 is 0. The molecule has 1 rings (SSSR count). The number of hydrogen-bond acceptors (Lipinski definition) is 3. The maximum absolute atomic E-state index is 11.7. The van der Waals surface area contributed by atoms with Crippen LogP contribution in [0.5, 0.6) is 0 Å². The molecule has 6 heteroatoms. The van der Waals surface area contributed by atoms with Gasteiger partial charge in [0.1, 0.15) is 5.82 Å². The Kier molecular flexibility index (Phi) is 4.88. The van der Waals surface area contributed by atoms with Crippen LogP contribution >= 0.6 is 0 Å². The number of aryl methyl sites for hydroxylation is 1. The molecule has 18 heavy (non-hydrogen) atoms. The van der Waals surface area contributed by atoms with E-state index in [1.165, 1.54) is 0 Å². The Balaban J connectivity index is 2.67. The quantitative estimate of drug-likeness (QED) is 0.795. The predicted molar refractivity (Wildman–Crippen MR) is 65.8 cm³/mol. The van der Waals surface area contributed by atoms with Crippen molar-refractivity contribution in [2.75, 3.05) is 0 Å². The van der Waals surface area contributed by atoms with E-state index in [2.05, 4.69) is 10.3 Å². The fourth-order valence-electron chi connectivity index (χ4n) is 1.67. The van der Waals surface area contributed by atoms with Crippen molar-refractivity contribution in [1.82, 2.24) is 14.9 Å². The topological polar surface area (TPSA) is 84.2 Å². The van der Waals surface area contributed by atoms with Crippen LogP contribution in [0.2, 0.25) is 0 Å². The van der Waals surface area contributed by atoms with Crippen molar-refractivity contribution in [3.63, 3.8) is 0 Å². The number of aliphatic carboxylic acids is 1. The molecule has 0 aliphatic carbocycles. The monoisotopic (exact) mass is 253 g/mol. The highest BCUT2D eigenvalue weighted by molar-refractivity contribution is 5.80. The average Bonchev–Trinajstić information content (AvgIpc) is 2.69. The minimum atomic E-state index is -0.969. The second kappa shape index (κ2) is 6.18. The second-order valence-corrected chi connectivity index (χ2v) is 4.58. The zero-order chi connectivity index (χ0) is 13.7. The van der Waals surface area contributed by atoms with Crippen LogP contribution in [-0.4, -0.2) is 26.5 Å². The third-order valence-electron chi connectivity index (χ3n) is 2.69. The number of amides is 1. The van der Waals surface area contributed by atoms with Gasteiger partial charge in [0, 0.05) is 25.9 Å². The van der Waals surface area contributed by atoms with Crippen LogP contribution in [0.1, 0.15) is 38.6 Å². The molecule has 0 spiro atoms. The van der Waals surface area contributed by atoms with Crippen molar-refractivity contribution in [3.05, 3.63) is 18.2 Å². The molecule has 1 amide bonds. The van der Waals surface area contributed by atoms with Gasteiger partial charge in [-0.15, -0.1) is 0 Å². The minimum absolute atomic E-state index is 0.0109. The number of carboxylic acid groups (broad SMARTS) is 1. The molecule has 1 atom stereocenters. The predicted octanol–water partition coefficient (Wildman–Crippen LogP) is 1.10. The Hall–Kier alpha value is -1.85. The van der Waals surface area contributed by atoms with Gasteiger partial charge < -0.3 is 15.0 Å². The number of aromatic nitrogens is 2. The van der Waals surface area contributed by atoms with Gasteiger partial charge in [0.05, 0.1) is 12.5 Å². The molecular formula is C12H19N3O3. The number of nitrogens with one attached hydrogen (secondary N) is 1. The summed E-state index contributed by atoms with van der Waals surface area (Å²) in [5.41, 5.74) is 0. The van der Waals surface area contributed by atoms with E-state index in [1.54, 1.807) is 6.20 Å². The Morgan fingerprint density at radius 2 is 2.11 bits per heavy atom. The number of carbonyl (C=O) groups excluding carboxylic acids is 1. The maximum atomic E-state index is 11.7. The molecule has 0 aliphatic rings. The van der Waals surface area contributed by atoms with Gasteiger partial charge in [-0.25, -0.2) is 4.98 Å². The van der Waals surface area contributed by atoms with Crippen LogP contribution in [0.3, 0.4) is 0 Å². The molecular weight excluding hydrogens is 234 g/mol. The van der Waals surface area contributed by atoms with Crippen LogP contribution in [-0.2, 0) is 16.6 Å². The Bertz CT molecular complexity index is 426. The van der Waals surface area contributed by atoms with E-state index in [0.717, 1.165) is 5.82 Å². The molecule has 2 N–H and O–H groups in total. The number of carboxylic acids is 1. The van der Waals surface area contributed by atoms with Gasteiger partial charge in [0.25, 0.3) is 0 Å². The molecule has 1 heterocycles. The van der Waals surface area contributed by atoms with Crippen LogP contribution in [0.15, 0.2) is 12.4 Å². The SMILES string of the molecule is CC(C)C(NC(=O)CCC(=O)O)c1nccn1C. The third-order valence-corrected chi connectivity index (χ3v) is 2.69. The highest BCUT2D eigenvalue weighted by atomic mass is 16.4. The summed E-state index contributed by atoms with van der Waals surface area (Å²) in [6.45, 7) is 3.97. The zero-order valence-corrected chi connectivity index (χ0v) is 10.9. The Morgan fingerprint density at radius 3 is 2.56 bits per heavy atom. The summed E-state index contributed by atoms with van der Waals surface area (Å²) in [6, 6.07) is -0.203. The van der Waals surface area contributed by atoms with Gasteiger partial charge in [-0.3, -0.25) is 9.59 Å². The third kappa shape index (κ3) is 3.87. The number of rotatable bonds is 6. The summed E-state index contributed by atoms with van der Waals surface area (Å²) < 4.78 is 1.85. The lowest BCUT2D eigenvalue weighted by Crippen LogP contribution is -2.33. The van der Waals surface area contributed by atoms with E-state index in [-0.39, 0.29) is 30.7 Å². The van der Waals surface area contributed by atoms with Crippen molar-refractivity contribution in [1.29, 1.82) is 0 Å². The Labute approximate surface area is 106 Å². The molecule has 1 aromatic rings. The van der Waals surface area contributed by atoms with Gasteiger partial charge in [-0.1, -0.05) is 13.8 Å². The molecule has 0 aromatic carbocycles. The first-order valence-corrected chi connectivity index (χ1v) is 5.90. The van der Waals surface area contributed by atoms with E-state index < -0.39 is 5.97 Å². The molecule has 0 saturated carbocycles. The lowest BCUT2D eigenvalue weighted by atomic mass is 10.0. The van der Waals surface area contributed by atoms with Gasteiger partial charge in [-0.05, 0) is 5.92 Å². The highest BCUT2D eigenvalue weighted by Gasteiger charge is 2.21. The lowest BCUT2D eigenvalue weighted by Gasteiger charge is -2.21. The van der Waals surface area contributed by atoms with Crippen molar-refractivity contribution in [2.45, 2.75) is 32.7 Å². The van der Waals surface area contributed by atoms with E-state index in [9.17, 15) is 9.59 Å². The first kappa shape index (κ1) is 14.2. The molecule has 0 fully saturated rings. The van der Waals surface area contributed by atoms with Gasteiger partial charge >= 0.3 is 5.97 Å². The number of imidazole rings is 1. The molecule has 1 aromatic heterocycles. The summed E-state index contributed by atoms with van der Waals surface area (Å²) in [7, 11) is 1.86. The number of carbonyl (C=O) groups is 2. The average molecular weight is 253 g/mol. The molecule has 0 bridgehead atoms. The van der Waals surface area contributed by atoms with Crippen molar-refractivity contribution >= 4 is 11.9 Å². The maximum Gasteiger partial charge on any atom is 0.303 e. The fourth-order valence-corrected chi connectivity index (χ4v) is 1.67. The van der Waals surface area contributed by atoms with Gasteiger partial charge in [0.2, 0.25) is 5.91 Å². The minimum Gasteiger partial charge on any atom is -0.481 e. The second-order valence-electron chi connectivity index (χ2n) is 4.58. The largest absolute Gasteiger partial charge is 0.481 e. The summed E-state index contributed by atoms with van der Waals surface area (Å²) in [5, 5.41) is 11.4. The van der Waals surface area contributed by atoms with Gasteiger partial charge in [0.15, 0.2) is 0 Å². The normalized spacial score (nSPS) is 12.4.